The maximum absolute atomic E-state index is 12.8. The summed E-state index contributed by atoms with van der Waals surface area (Å²) in [4.78, 5) is 23.7. The molecule has 0 spiro atoms. The molecule has 0 heterocycles. The second kappa shape index (κ2) is 13.1. The molecule has 0 unspecified atom stereocenters. The van der Waals surface area contributed by atoms with Crippen LogP contribution in [0.25, 0.3) is 0 Å². The van der Waals surface area contributed by atoms with Gasteiger partial charge in [0, 0.05) is 18.8 Å². The summed E-state index contributed by atoms with van der Waals surface area (Å²) in [6.45, 7) is 3.39. The van der Waals surface area contributed by atoms with E-state index < -0.39 is 17.8 Å². The summed E-state index contributed by atoms with van der Waals surface area (Å²) in [6.07, 6.45) is 5.69. The number of aliphatic hydroxyl groups is 1. The number of ether oxygens (including phenoxy) is 2. The molecule has 1 aromatic carbocycles. The molecule has 0 amide bonds. The van der Waals surface area contributed by atoms with Crippen LogP contribution in [-0.4, -0.2) is 35.7 Å². The molecular formula is C26H31F3O5. The number of benzene rings is 1. The number of allylic oxidation sites excluding steroid dienone is 5. The minimum atomic E-state index is -4.47. The molecule has 2 atom stereocenters. The highest BCUT2D eigenvalue weighted by Gasteiger charge is 2.30. The average Bonchev–Trinajstić information content (AvgIpc) is 3.11. The Kier molecular flexibility index (Phi) is 10.6. The number of hydrogen-bond donors (Lipinski definition) is 1. The molecule has 1 aliphatic rings. The lowest BCUT2D eigenvalue weighted by molar-refractivity contribution is -0.147. The number of hydrogen-bond acceptors (Lipinski definition) is 5. The zero-order valence-corrected chi connectivity index (χ0v) is 19.4. The first kappa shape index (κ1) is 27.4. The first-order chi connectivity index (χ1) is 16.1. The van der Waals surface area contributed by atoms with Crippen LogP contribution in [0.15, 0.2) is 60.2 Å². The van der Waals surface area contributed by atoms with Crippen molar-refractivity contribution in [1.82, 2.24) is 0 Å². The number of unbranched alkanes of at least 4 members (excludes halogenated alkanes) is 1. The van der Waals surface area contributed by atoms with E-state index in [1.54, 1.807) is 26.0 Å². The lowest BCUT2D eigenvalue weighted by Crippen LogP contribution is -2.15. The van der Waals surface area contributed by atoms with Gasteiger partial charge in [-0.25, -0.2) is 0 Å². The molecule has 34 heavy (non-hydrogen) atoms. The quantitative estimate of drug-likeness (QED) is 0.240. The molecule has 0 bridgehead atoms. The molecule has 8 heteroatoms. The van der Waals surface area contributed by atoms with Gasteiger partial charge in [-0.1, -0.05) is 36.4 Å². The first-order valence-corrected chi connectivity index (χ1v) is 11.3. The highest BCUT2D eigenvalue weighted by atomic mass is 19.4. The Morgan fingerprint density at radius 3 is 2.74 bits per heavy atom. The molecule has 186 valence electrons. The van der Waals surface area contributed by atoms with Crippen molar-refractivity contribution in [2.75, 3.05) is 6.61 Å². The summed E-state index contributed by atoms with van der Waals surface area (Å²) < 4.78 is 48.7. The molecule has 2 rings (SSSR count). The van der Waals surface area contributed by atoms with Crippen molar-refractivity contribution < 1.29 is 37.3 Å². The largest absolute Gasteiger partial charge is 0.491 e. The van der Waals surface area contributed by atoms with Gasteiger partial charge >= 0.3 is 12.1 Å². The van der Waals surface area contributed by atoms with E-state index >= 15 is 0 Å². The van der Waals surface area contributed by atoms with Gasteiger partial charge in [-0.15, -0.1) is 0 Å². The van der Waals surface area contributed by atoms with Gasteiger partial charge < -0.3 is 14.6 Å². The molecule has 0 saturated carbocycles. The summed E-state index contributed by atoms with van der Waals surface area (Å²) in [5.74, 6) is -0.437. The highest BCUT2D eigenvalue weighted by Crippen LogP contribution is 2.31. The molecular weight excluding hydrogens is 449 g/mol. The predicted molar refractivity (Wildman–Crippen MR) is 122 cm³/mol. The summed E-state index contributed by atoms with van der Waals surface area (Å²) in [6, 6.07) is 4.45. The van der Waals surface area contributed by atoms with Gasteiger partial charge in [0.25, 0.3) is 0 Å². The fraction of sp³-hybridized carbons (Fsp3) is 0.462. The van der Waals surface area contributed by atoms with Gasteiger partial charge in [-0.2, -0.15) is 13.2 Å². The summed E-state index contributed by atoms with van der Waals surface area (Å²) in [5.41, 5.74) is -0.0377. The molecule has 0 aromatic heterocycles. The van der Waals surface area contributed by atoms with Gasteiger partial charge in [-0.05, 0) is 56.9 Å². The van der Waals surface area contributed by atoms with E-state index in [1.165, 1.54) is 18.2 Å². The molecule has 1 aliphatic carbocycles. The van der Waals surface area contributed by atoms with E-state index in [1.807, 2.05) is 12.2 Å². The normalized spacial score (nSPS) is 17.6. The number of rotatable bonds is 12. The molecule has 0 aliphatic heterocycles. The second-order valence-corrected chi connectivity index (χ2v) is 8.33. The lowest BCUT2D eigenvalue weighted by atomic mass is 9.95. The fourth-order valence-corrected chi connectivity index (χ4v) is 3.40. The maximum Gasteiger partial charge on any atom is 0.416 e. The number of aliphatic hydroxyl groups excluding tert-OH is 1. The molecule has 1 N–H and O–H groups in total. The van der Waals surface area contributed by atoms with Crippen molar-refractivity contribution in [1.29, 1.82) is 0 Å². The predicted octanol–water partition coefficient (Wildman–Crippen LogP) is 5.58. The van der Waals surface area contributed by atoms with E-state index in [0.717, 1.165) is 17.7 Å². The Hall–Kier alpha value is -2.87. The Morgan fingerprint density at radius 1 is 1.26 bits per heavy atom. The van der Waals surface area contributed by atoms with Crippen LogP contribution in [0, 0.1) is 5.92 Å². The van der Waals surface area contributed by atoms with Gasteiger partial charge in [0.1, 0.15) is 24.2 Å². The average molecular weight is 481 g/mol. The molecule has 0 radical (unpaired) electrons. The van der Waals surface area contributed by atoms with Gasteiger partial charge in [0.05, 0.1) is 11.7 Å². The van der Waals surface area contributed by atoms with Crippen molar-refractivity contribution in [3.05, 3.63) is 65.8 Å². The van der Waals surface area contributed by atoms with Crippen molar-refractivity contribution in [2.24, 2.45) is 5.92 Å². The number of carbonyl (C=O) groups is 2. The zero-order valence-electron chi connectivity index (χ0n) is 19.4. The highest BCUT2D eigenvalue weighted by molar-refractivity contribution is 5.89. The van der Waals surface area contributed by atoms with Crippen LogP contribution in [0.5, 0.6) is 5.75 Å². The van der Waals surface area contributed by atoms with Crippen molar-refractivity contribution in [2.45, 2.75) is 64.3 Å². The van der Waals surface area contributed by atoms with Gasteiger partial charge in [0.15, 0.2) is 0 Å². The number of esters is 1. The van der Waals surface area contributed by atoms with E-state index in [-0.39, 0.29) is 36.1 Å². The van der Waals surface area contributed by atoms with Crippen LogP contribution < -0.4 is 4.74 Å². The Balaban J connectivity index is 1.78. The van der Waals surface area contributed by atoms with Crippen LogP contribution in [0.2, 0.25) is 0 Å². The van der Waals surface area contributed by atoms with E-state index in [9.17, 15) is 27.9 Å². The minimum Gasteiger partial charge on any atom is -0.491 e. The molecule has 1 aromatic rings. The Bertz CT molecular complexity index is 915. The summed E-state index contributed by atoms with van der Waals surface area (Å²) in [7, 11) is 0. The van der Waals surface area contributed by atoms with Gasteiger partial charge in [0.2, 0.25) is 0 Å². The van der Waals surface area contributed by atoms with Crippen LogP contribution >= 0.6 is 0 Å². The Morgan fingerprint density at radius 2 is 2.03 bits per heavy atom. The van der Waals surface area contributed by atoms with E-state index in [2.05, 4.69) is 0 Å². The third-order valence-corrected chi connectivity index (χ3v) is 5.08. The fourth-order valence-electron chi connectivity index (χ4n) is 3.40. The maximum atomic E-state index is 12.8. The molecule has 5 nitrogen and oxygen atoms in total. The van der Waals surface area contributed by atoms with E-state index in [4.69, 9.17) is 9.47 Å². The summed E-state index contributed by atoms with van der Waals surface area (Å²) >= 11 is 0. The minimum absolute atomic E-state index is 0.0121. The number of alkyl halides is 3. The smallest absolute Gasteiger partial charge is 0.416 e. The molecule has 0 saturated heterocycles. The van der Waals surface area contributed by atoms with Crippen LogP contribution in [0.4, 0.5) is 13.2 Å². The van der Waals surface area contributed by atoms with E-state index in [0.29, 0.717) is 32.1 Å². The van der Waals surface area contributed by atoms with Crippen molar-refractivity contribution in [3.63, 3.8) is 0 Å². The molecule has 0 fully saturated rings. The van der Waals surface area contributed by atoms with Crippen LogP contribution in [0.3, 0.4) is 0 Å². The SMILES string of the molecule is CC(C)OC(=O)CCCC=CC[C@H]1C(=O)CC=C1C=C[C@@H](O)COc1cccc(C(F)(F)F)c1. The van der Waals surface area contributed by atoms with Crippen molar-refractivity contribution in [3.8, 4) is 5.75 Å². The van der Waals surface area contributed by atoms with Crippen molar-refractivity contribution >= 4 is 11.8 Å². The van der Waals surface area contributed by atoms with Gasteiger partial charge in [-0.3, -0.25) is 9.59 Å². The Labute approximate surface area is 197 Å². The third kappa shape index (κ3) is 9.55. The standard InChI is InChI=1S/C26H31F3O5/c1-18(2)34-25(32)11-6-4-3-5-10-23-19(13-15-24(23)31)12-14-21(30)17-33-22-9-7-8-20(16-22)26(27,28)29/h3,5,7-9,12-14,16,18,21,23,30H,4,6,10-11,15,17H2,1-2H3/t21-,23-/m1/s1. The third-order valence-electron chi connectivity index (χ3n) is 5.08. The number of Topliss-reactive ketones (excluding diaryl/α,β-unsaturated/α-hetero) is 1. The second-order valence-electron chi connectivity index (χ2n) is 8.33. The van der Waals surface area contributed by atoms with Crippen LogP contribution in [0.1, 0.15) is 51.5 Å². The lowest BCUT2D eigenvalue weighted by Gasteiger charge is -2.12. The van der Waals surface area contributed by atoms with Crippen LogP contribution in [-0.2, 0) is 20.5 Å². The first-order valence-electron chi connectivity index (χ1n) is 11.3. The number of halogens is 3. The zero-order chi connectivity index (χ0) is 25.1. The number of carbonyl (C=O) groups excluding carboxylic acids is 2. The number of ketones is 1. The summed E-state index contributed by atoms with van der Waals surface area (Å²) in [5, 5.41) is 10.1. The topological polar surface area (TPSA) is 72.8 Å². The monoisotopic (exact) mass is 480 g/mol.